The van der Waals surface area contributed by atoms with Crippen molar-refractivity contribution in [2.45, 2.75) is 95.7 Å². The molecule has 5 rings (SSSR count). The lowest BCUT2D eigenvalue weighted by molar-refractivity contribution is -0.258. The van der Waals surface area contributed by atoms with Crippen molar-refractivity contribution >= 4 is 17.7 Å². The lowest BCUT2D eigenvalue weighted by Gasteiger charge is -2.65. The standard InChI is InChI=1S/C28H36O10/c1-13(29)37-19-11-26(3)18(24(22(19)32)38-14(2)30)7-6-17-21(26)23(33)25(34)27(4)16(9-10-28(17,27)35)15-5-8-20(31)36-12-15/h5,8,12,16-19,21-24,32-33,35H,6-7,9-11H2,1-4H3/t16-,17-,18+,19-,21-,22+,23+,24-,26+,27+,28+/m1/s1. The Balaban J connectivity index is 1.58. The number of hydrogen-bond donors (Lipinski definition) is 3. The van der Waals surface area contributed by atoms with Gasteiger partial charge in [-0.15, -0.1) is 0 Å². The maximum absolute atomic E-state index is 14.1. The van der Waals surface area contributed by atoms with E-state index in [2.05, 4.69) is 0 Å². The van der Waals surface area contributed by atoms with Gasteiger partial charge in [0, 0.05) is 37.7 Å². The number of esters is 2. The first-order valence-electron chi connectivity index (χ1n) is 13.3. The molecule has 4 saturated carbocycles. The average Bonchev–Trinajstić information content (AvgIpc) is 3.12. The van der Waals surface area contributed by atoms with Gasteiger partial charge < -0.3 is 29.2 Å². The second kappa shape index (κ2) is 8.99. The van der Waals surface area contributed by atoms with Gasteiger partial charge in [-0.1, -0.05) is 6.92 Å². The number of carbonyl (C=O) groups is 3. The maximum Gasteiger partial charge on any atom is 0.335 e. The first-order chi connectivity index (χ1) is 17.8. The smallest absolute Gasteiger partial charge is 0.335 e. The molecule has 208 valence electrons. The molecule has 3 N–H and O–H groups in total. The van der Waals surface area contributed by atoms with Crippen molar-refractivity contribution in [3.05, 3.63) is 34.4 Å². The zero-order valence-electron chi connectivity index (χ0n) is 22.1. The van der Waals surface area contributed by atoms with Crippen molar-refractivity contribution in [1.29, 1.82) is 0 Å². The summed E-state index contributed by atoms with van der Waals surface area (Å²) in [5, 5.41) is 35.1. The maximum atomic E-state index is 14.1. The van der Waals surface area contributed by atoms with Gasteiger partial charge in [-0.2, -0.15) is 0 Å². The summed E-state index contributed by atoms with van der Waals surface area (Å²) >= 11 is 0. The van der Waals surface area contributed by atoms with E-state index in [1.54, 1.807) is 13.0 Å². The Labute approximate surface area is 220 Å². The van der Waals surface area contributed by atoms with Gasteiger partial charge in [-0.3, -0.25) is 14.4 Å². The summed E-state index contributed by atoms with van der Waals surface area (Å²) < 4.78 is 16.1. The van der Waals surface area contributed by atoms with Crippen molar-refractivity contribution < 1.29 is 43.6 Å². The normalized spacial score (nSPS) is 45.9. The molecule has 10 heteroatoms. The molecular formula is C28H36O10. The largest absolute Gasteiger partial charge is 0.460 e. The highest BCUT2D eigenvalue weighted by Crippen LogP contribution is 2.69. The van der Waals surface area contributed by atoms with E-state index in [1.165, 1.54) is 26.2 Å². The molecule has 0 radical (unpaired) electrons. The third-order valence-electron chi connectivity index (χ3n) is 10.5. The molecule has 1 heterocycles. The molecule has 10 nitrogen and oxygen atoms in total. The number of carbonyl (C=O) groups excluding carboxylic acids is 3. The predicted molar refractivity (Wildman–Crippen MR) is 131 cm³/mol. The van der Waals surface area contributed by atoms with E-state index in [1.807, 2.05) is 6.92 Å². The molecule has 38 heavy (non-hydrogen) atoms. The van der Waals surface area contributed by atoms with Gasteiger partial charge in [0.1, 0.15) is 24.4 Å². The fourth-order valence-electron chi connectivity index (χ4n) is 8.90. The topological polar surface area (TPSA) is 161 Å². The van der Waals surface area contributed by atoms with Gasteiger partial charge in [0.25, 0.3) is 0 Å². The van der Waals surface area contributed by atoms with E-state index in [0.717, 1.165) is 0 Å². The number of aliphatic hydroxyl groups excluding tert-OH is 2. The van der Waals surface area contributed by atoms with Crippen LogP contribution in [-0.2, 0) is 23.9 Å². The van der Waals surface area contributed by atoms with E-state index in [0.29, 0.717) is 31.2 Å². The summed E-state index contributed by atoms with van der Waals surface area (Å²) in [6.07, 6.45) is -1.54. The second-order valence-electron chi connectivity index (χ2n) is 12.2. The zero-order chi connectivity index (χ0) is 27.8. The average molecular weight is 533 g/mol. The molecule has 0 aromatic carbocycles. The van der Waals surface area contributed by atoms with E-state index in [4.69, 9.17) is 13.9 Å². The van der Waals surface area contributed by atoms with Crippen LogP contribution in [0.2, 0.25) is 0 Å². The SMILES string of the molecule is CC(=O)O[C@H]1[C@@H](O)[C@H](OC(C)=O)C[C@]2(C)[C@H]3[C@H](O)C(=O)[C@]4(C)[C@@H](c5ccc(=O)oc5)CC[C@]4(O)[C@@H]3CC[C@@H]12. The number of aliphatic hydroxyl groups is 3. The minimum atomic E-state index is -1.45. The van der Waals surface area contributed by atoms with Gasteiger partial charge in [0.15, 0.2) is 5.78 Å². The van der Waals surface area contributed by atoms with Crippen molar-refractivity contribution in [2.24, 2.45) is 28.6 Å². The number of hydrogen-bond acceptors (Lipinski definition) is 10. The Morgan fingerprint density at radius 2 is 1.66 bits per heavy atom. The first kappa shape index (κ1) is 27.0. The lowest BCUT2D eigenvalue weighted by Crippen LogP contribution is -2.72. The van der Waals surface area contributed by atoms with Crippen LogP contribution >= 0.6 is 0 Å². The highest BCUT2D eigenvalue weighted by atomic mass is 16.6. The highest BCUT2D eigenvalue weighted by molar-refractivity contribution is 5.93. The summed E-state index contributed by atoms with van der Waals surface area (Å²) in [5.74, 6) is -3.77. The number of fused-ring (bicyclic) bond motifs is 5. The molecular weight excluding hydrogens is 496 g/mol. The molecule has 0 aliphatic heterocycles. The van der Waals surface area contributed by atoms with E-state index in [9.17, 15) is 34.5 Å². The molecule has 4 aliphatic rings. The minimum Gasteiger partial charge on any atom is -0.460 e. The van der Waals surface area contributed by atoms with Crippen LogP contribution in [0, 0.1) is 28.6 Å². The van der Waals surface area contributed by atoms with E-state index < -0.39 is 87.9 Å². The Bertz CT molecular complexity index is 1190. The van der Waals surface area contributed by atoms with Crippen LogP contribution in [-0.4, -0.2) is 63.1 Å². The van der Waals surface area contributed by atoms with E-state index in [-0.39, 0.29) is 6.42 Å². The number of ether oxygens (including phenoxy) is 2. The van der Waals surface area contributed by atoms with Crippen LogP contribution in [0.25, 0.3) is 0 Å². The molecule has 0 amide bonds. The summed E-state index contributed by atoms with van der Waals surface area (Å²) in [6.45, 7) is 6.03. The summed E-state index contributed by atoms with van der Waals surface area (Å²) in [4.78, 5) is 49.5. The van der Waals surface area contributed by atoms with Crippen LogP contribution in [0.4, 0.5) is 0 Å². The van der Waals surface area contributed by atoms with Crippen LogP contribution in [0.1, 0.15) is 71.3 Å². The van der Waals surface area contributed by atoms with E-state index >= 15 is 0 Å². The van der Waals surface area contributed by atoms with Crippen LogP contribution in [0.5, 0.6) is 0 Å². The molecule has 0 unspecified atom stereocenters. The molecule has 0 spiro atoms. The van der Waals surface area contributed by atoms with Crippen LogP contribution < -0.4 is 5.63 Å². The Morgan fingerprint density at radius 1 is 1.00 bits per heavy atom. The second-order valence-corrected chi connectivity index (χ2v) is 12.2. The fourth-order valence-corrected chi connectivity index (χ4v) is 8.90. The summed E-state index contributed by atoms with van der Waals surface area (Å²) in [7, 11) is 0. The monoisotopic (exact) mass is 532 g/mol. The quantitative estimate of drug-likeness (QED) is 0.486. The van der Waals surface area contributed by atoms with Crippen molar-refractivity contribution in [1.82, 2.24) is 0 Å². The highest BCUT2D eigenvalue weighted by Gasteiger charge is 2.74. The molecule has 11 atom stereocenters. The molecule has 1 aromatic heterocycles. The number of rotatable bonds is 3. The first-order valence-corrected chi connectivity index (χ1v) is 13.3. The van der Waals surface area contributed by atoms with Gasteiger partial charge in [-0.25, -0.2) is 4.79 Å². The van der Waals surface area contributed by atoms with Crippen molar-refractivity contribution in [3.63, 3.8) is 0 Å². The summed E-state index contributed by atoms with van der Waals surface area (Å²) in [6, 6.07) is 2.89. The Morgan fingerprint density at radius 3 is 2.26 bits per heavy atom. The van der Waals surface area contributed by atoms with Crippen LogP contribution in [0.3, 0.4) is 0 Å². The molecule has 1 aromatic rings. The third kappa shape index (κ3) is 3.63. The van der Waals surface area contributed by atoms with Crippen LogP contribution in [0.15, 0.2) is 27.6 Å². The van der Waals surface area contributed by atoms with Gasteiger partial charge in [0.2, 0.25) is 0 Å². The number of ketones is 1. The summed E-state index contributed by atoms with van der Waals surface area (Å²) in [5.41, 5.74) is -3.57. The Kier molecular flexibility index (Phi) is 6.40. The van der Waals surface area contributed by atoms with Crippen molar-refractivity contribution in [2.75, 3.05) is 0 Å². The molecule has 0 saturated heterocycles. The Hall–Kier alpha value is -2.56. The number of Topliss-reactive ketones (excluding diaryl/α,β-unsaturated/α-hetero) is 1. The van der Waals surface area contributed by atoms with Gasteiger partial charge in [0.05, 0.1) is 17.3 Å². The fraction of sp³-hybridized carbons (Fsp3) is 0.714. The lowest BCUT2D eigenvalue weighted by atomic mass is 9.41. The molecule has 4 aliphatic carbocycles. The third-order valence-corrected chi connectivity index (χ3v) is 10.5. The molecule has 4 fully saturated rings. The zero-order valence-corrected chi connectivity index (χ0v) is 22.1. The molecule has 0 bridgehead atoms. The van der Waals surface area contributed by atoms with Gasteiger partial charge in [-0.05, 0) is 62.0 Å². The predicted octanol–water partition coefficient (Wildman–Crippen LogP) is 1.47. The minimum absolute atomic E-state index is 0.141. The van der Waals surface area contributed by atoms with Gasteiger partial charge >= 0.3 is 17.6 Å². The van der Waals surface area contributed by atoms with Crippen molar-refractivity contribution in [3.8, 4) is 0 Å².